The van der Waals surface area contributed by atoms with Gasteiger partial charge in [-0.1, -0.05) is 18.2 Å². The molecule has 2 N–H and O–H groups in total. The highest BCUT2D eigenvalue weighted by atomic mass is 16.6. The minimum absolute atomic E-state index is 0.215. The van der Waals surface area contributed by atoms with Gasteiger partial charge >= 0.3 is 5.97 Å². The lowest BCUT2D eigenvalue weighted by atomic mass is 9.77. The second-order valence-corrected chi connectivity index (χ2v) is 6.65. The van der Waals surface area contributed by atoms with Crippen molar-refractivity contribution in [3.63, 3.8) is 0 Å². The average Bonchev–Trinajstić information content (AvgIpc) is 2.73. The Morgan fingerprint density at radius 3 is 2.85 bits per heavy atom. The summed E-state index contributed by atoms with van der Waals surface area (Å²) in [6.45, 7) is 7.59. The van der Waals surface area contributed by atoms with Crippen LogP contribution in [0.2, 0.25) is 0 Å². The van der Waals surface area contributed by atoms with E-state index in [4.69, 9.17) is 9.47 Å². The van der Waals surface area contributed by atoms with Crippen LogP contribution in [0.4, 0.5) is 0 Å². The van der Waals surface area contributed by atoms with E-state index in [0.29, 0.717) is 12.0 Å². The fraction of sp³-hybridized carbons (Fsp3) is 0.667. The van der Waals surface area contributed by atoms with E-state index >= 15 is 0 Å². The van der Waals surface area contributed by atoms with Crippen molar-refractivity contribution in [3.05, 3.63) is 23.8 Å². The van der Waals surface area contributed by atoms with Crippen molar-refractivity contribution in [2.45, 2.75) is 49.8 Å². The molecule has 2 saturated heterocycles. The number of fused-ring (bicyclic) bond motifs is 2. The highest BCUT2D eigenvalue weighted by Crippen LogP contribution is 2.67. The SMILES string of the molecule is C=C1C(=O)O[C@H]2C1[C@@H](O)C[C@@]1(C)O[C@@]13[C@@H]2C(C)=C[C@@H]3O. The summed E-state index contributed by atoms with van der Waals surface area (Å²) in [5.74, 6) is -1.08. The number of hydrogen-bond donors (Lipinski definition) is 2. The van der Waals surface area contributed by atoms with Crippen LogP contribution in [0, 0.1) is 11.8 Å². The molecule has 5 nitrogen and oxygen atoms in total. The summed E-state index contributed by atoms with van der Waals surface area (Å²) >= 11 is 0. The van der Waals surface area contributed by atoms with E-state index in [0.717, 1.165) is 5.57 Å². The molecule has 2 aliphatic carbocycles. The Balaban J connectivity index is 1.86. The first-order valence-corrected chi connectivity index (χ1v) is 6.96. The number of epoxide rings is 1. The highest BCUT2D eigenvalue weighted by molar-refractivity contribution is 5.91. The molecule has 3 fully saturated rings. The quantitative estimate of drug-likeness (QED) is 0.289. The van der Waals surface area contributed by atoms with E-state index in [1.54, 1.807) is 6.08 Å². The Hall–Kier alpha value is -1.17. The molecular weight excluding hydrogens is 260 g/mol. The van der Waals surface area contributed by atoms with E-state index in [2.05, 4.69) is 6.58 Å². The molecule has 0 aromatic heterocycles. The van der Waals surface area contributed by atoms with Crippen molar-refractivity contribution in [2.75, 3.05) is 0 Å². The van der Waals surface area contributed by atoms with Crippen molar-refractivity contribution in [3.8, 4) is 0 Å². The number of aliphatic hydroxyl groups is 2. The van der Waals surface area contributed by atoms with Crippen LogP contribution >= 0.6 is 0 Å². The Morgan fingerprint density at radius 2 is 2.15 bits per heavy atom. The molecule has 1 spiro atoms. The monoisotopic (exact) mass is 278 g/mol. The molecule has 0 aromatic rings. The molecule has 2 aliphatic heterocycles. The summed E-state index contributed by atoms with van der Waals surface area (Å²) in [5, 5.41) is 20.8. The van der Waals surface area contributed by atoms with E-state index in [-0.39, 0.29) is 5.92 Å². The van der Waals surface area contributed by atoms with Gasteiger partial charge in [0, 0.05) is 12.0 Å². The third-order valence-corrected chi connectivity index (χ3v) is 5.60. The summed E-state index contributed by atoms with van der Waals surface area (Å²) in [6.07, 6.45) is 0.186. The lowest BCUT2D eigenvalue weighted by molar-refractivity contribution is -0.142. The van der Waals surface area contributed by atoms with Gasteiger partial charge in [-0.2, -0.15) is 0 Å². The van der Waals surface area contributed by atoms with Gasteiger partial charge < -0.3 is 19.7 Å². The fourth-order valence-electron chi connectivity index (χ4n) is 4.68. The Morgan fingerprint density at radius 1 is 1.45 bits per heavy atom. The van der Waals surface area contributed by atoms with Crippen molar-refractivity contribution >= 4 is 5.97 Å². The summed E-state index contributed by atoms with van der Waals surface area (Å²) < 4.78 is 11.4. The first kappa shape index (κ1) is 12.6. The average molecular weight is 278 g/mol. The van der Waals surface area contributed by atoms with Gasteiger partial charge in [-0.25, -0.2) is 4.79 Å². The van der Waals surface area contributed by atoms with Crippen LogP contribution in [-0.4, -0.2) is 45.7 Å². The molecular formula is C15H18O5. The third-order valence-electron chi connectivity index (χ3n) is 5.60. The van der Waals surface area contributed by atoms with Crippen molar-refractivity contribution < 1.29 is 24.5 Å². The molecule has 4 aliphatic rings. The molecule has 108 valence electrons. The molecule has 7 atom stereocenters. The number of carbonyl (C=O) groups is 1. The van der Waals surface area contributed by atoms with Gasteiger partial charge in [0.1, 0.15) is 23.4 Å². The largest absolute Gasteiger partial charge is 0.457 e. The van der Waals surface area contributed by atoms with E-state index < -0.39 is 41.4 Å². The predicted octanol–water partition coefficient (Wildman–Crippen LogP) is 0.313. The van der Waals surface area contributed by atoms with Gasteiger partial charge in [0.15, 0.2) is 0 Å². The Kier molecular flexibility index (Phi) is 2.10. The van der Waals surface area contributed by atoms with Crippen LogP contribution in [0.15, 0.2) is 23.8 Å². The number of carbonyl (C=O) groups excluding carboxylic acids is 1. The zero-order chi connectivity index (χ0) is 14.4. The summed E-state index contributed by atoms with van der Waals surface area (Å²) in [7, 11) is 0. The van der Waals surface area contributed by atoms with Crippen LogP contribution in [0.5, 0.6) is 0 Å². The molecule has 0 bridgehead atoms. The standard InChI is InChI=1S/C15H18O5/c1-6-4-9(17)15-11(6)12-10(7(2)13(18)19-12)8(16)5-14(15,3)20-15/h4,8-12,16-17H,2,5H2,1,3H3/t8-,9-,10?,11+,12-,14+,15-/m0/s1. The minimum Gasteiger partial charge on any atom is -0.457 e. The predicted molar refractivity (Wildman–Crippen MR) is 68.6 cm³/mol. The maximum absolute atomic E-state index is 11.8. The smallest absolute Gasteiger partial charge is 0.334 e. The molecule has 5 heteroatoms. The first-order valence-electron chi connectivity index (χ1n) is 6.96. The maximum atomic E-state index is 11.8. The lowest BCUT2D eigenvalue weighted by Crippen LogP contribution is -2.43. The lowest BCUT2D eigenvalue weighted by Gasteiger charge is -2.28. The number of esters is 1. The maximum Gasteiger partial charge on any atom is 0.334 e. The number of ether oxygens (including phenoxy) is 2. The van der Waals surface area contributed by atoms with Gasteiger partial charge in [0.2, 0.25) is 0 Å². The summed E-state index contributed by atoms with van der Waals surface area (Å²) in [5.41, 5.74) is -0.0611. The summed E-state index contributed by atoms with van der Waals surface area (Å²) in [6, 6.07) is 0. The highest BCUT2D eigenvalue weighted by Gasteiger charge is 2.80. The number of rotatable bonds is 0. The van der Waals surface area contributed by atoms with Gasteiger partial charge in [-0.3, -0.25) is 0 Å². The number of aliphatic hydroxyl groups excluding tert-OH is 2. The molecule has 2 heterocycles. The summed E-state index contributed by atoms with van der Waals surface area (Å²) in [4.78, 5) is 11.8. The zero-order valence-electron chi connectivity index (χ0n) is 11.5. The van der Waals surface area contributed by atoms with Crippen molar-refractivity contribution in [1.29, 1.82) is 0 Å². The molecule has 1 saturated carbocycles. The fourth-order valence-corrected chi connectivity index (χ4v) is 4.68. The molecule has 20 heavy (non-hydrogen) atoms. The topological polar surface area (TPSA) is 79.3 Å². The van der Waals surface area contributed by atoms with E-state index in [9.17, 15) is 15.0 Å². The second kappa shape index (κ2) is 3.35. The van der Waals surface area contributed by atoms with Gasteiger partial charge in [0.05, 0.1) is 17.9 Å². The van der Waals surface area contributed by atoms with E-state index in [1.807, 2.05) is 13.8 Å². The number of hydrogen-bond acceptors (Lipinski definition) is 5. The third kappa shape index (κ3) is 1.14. The van der Waals surface area contributed by atoms with Gasteiger partial charge in [-0.15, -0.1) is 0 Å². The van der Waals surface area contributed by atoms with Gasteiger partial charge in [-0.05, 0) is 13.8 Å². The van der Waals surface area contributed by atoms with Crippen LogP contribution in [0.3, 0.4) is 0 Å². The van der Waals surface area contributed by atoms with Crippen molar-refractivity contribution in [1.82, 2.24) is 0 Å². The Labute approximate surface area is 116 Å². The molecule has 0 aromatic carbocycles. The molecule has 4 rings (SSSR count). The second-order valence-electron chi connectivity index (χ2n) is 6.65. The molecule has 0 radical (unpaired) electrons. The van der Waals surface area contributed by atoms with Crippen molar-refractivity contribution in [2.24, 2.45) is 11.8 Å². The zero-order valence-corrected chi connectivity index (χ0v) is 11.5. The van der Waals surface area contributed by atoms with Crippen LogP contribution in [-0.2, 0) is 14.3 Å². The van der Waals surface area contributed by atoms with Gasteiger partial charge in [0.25, 0.3) is 0 Å². The minimum atomic E-state index is -0.762. The van der Waals surface area contributed by atoms with Crippen LogP contribution in [0.25, 0.3) is 0 Å². The molecule has 0 amide bonds. The van der Waals surface area contributed by atoms with Crippen LogP contribution < -0.4 is 0 Å². The first-order chi connectivity index (χ1) is 9.32. The van der Waals surface area contributed by atoms with Crippen LogP contribution in [0.1, 0.15) is 20.3 Å². The Bertz CT molecular complexity index is 567. The normalized spacial score (nSPS) is 56.4. The van der Waals surface area contributed by atoms with E-state index in [1.165, 1.54) is 0 Å². The molecule has 1 unspecified atom stereocenters.